The van der Waals surface area contributed by atoms with Gasteiger partial charge in [-0.2, -0.15) is 0 Å². The Hall–Kier alpha value is -2.62. The summed E-state index contributed by atoms with van der Waals surface area (Å²) >= 11 is 0. The first-order valence-corrected chi connectivity index (χ1v) is 5.42. The van der Waals surface area contributed by atoms with E-state index < -0.39 is 0 Å². The van der Waals surface area contributed by atoms with E-state index in [0.717, 1.165) is 17.2 Å². The fraction of sp³-hybridized carbons (Fsp3) is 0. The van der Waals surface area contributed by atoms with E-state index in [1.807, 2.05) is 12.1 Å². The molecule has 0 fully saturated rings. The fourth-order valence-electron chi connectivity index (χ4n) is 1.94. The highest BCUT2D eigenvalue weighted by atomic mass is 16.5. The zero-order chi connectivity index (χ0) is 12.5. The largest absolute Gasteiger partial charge is 0.508 e. The van der Waals surface area contributed by atoms with Gasteiger partial charge < -0.3 is 9.63 Å². The molecule has 0 aliphatic rings. The van der Waals surface area contributed by atoms with E-state index in [1.54, 1.807) is 30.3 Å². The lowest BCUT2D eigenvalue weighted by molar-refractivity contribution is 0.112. The number of hydrogen-bond donors (Lipinski definition) is 1. The number of fused-ring (bicyclic) bond motifs is 1. The van der Waals surface area contributed by atoms with Crippen molar-refractivity contribution >= 4 is 17.3 Å². The fourth-order valence-corrected chi connectivity index (χ4v) is 1.94. The first kappa shape index (κ1) is 10.5. The van der Waals surface area contributed by atoms with Gasteiger partial charge in [0.05, 0.1) is 10.9 Å². The van der Waals surface area contributed by atoms with Crippen LogP contribution >= 0.6 is 0 Å². The number of aromatic hydroxyl groups is 1. The molecule has 3 rings (SSSR count). The molecule has 1 N–H and O–H groups in total. The second-order valence-electron chi connectivity index (χ2n) is 3.92. The molecule has 3 aromatic rings. The maximum Gasteiger partial charge on any atom is 0.177 e. The molecule has 1 heterocycles. The van der Waals surface area contributed by atoms with Gasteiger partial charge in [-0.25, -0.2) is 0 Å². The Morgan fingerprint density at radius 3 is 2.78 bits per heavy atom. The molecule has 0 aliphatic carbocycles. The molecule has 88 valence electrons. The monoisotopic (exact) mass is 239 g/mol. The smallest absolute Gasteiger partial charge is 0.177 e. The lowest BCUT2D eigenvalue weighted by atomic mass is 10.1. The summed E-state index contributed by atoms with van der Waals surface area (Å²) in [6, 6.07) is 12.0. The molecule has 0 amide bonds. The van der Waals surface area contributed by atoms with Crippen molar-refractivity contribution in [2.24, 2.45) is 0 Å². The number of phenols is 1. The van der Waals surface area contributed by atoms with Crippen LogP contribution in [0, 0.1) is 0 Å². The molecule has 2 aromatic carbocycles. The quantitative estimate of drug-likeness (QED) is 0.698. The average molecular weight is 239 g/mol. The van der Waals surface area contributed by atoms with Gasteiger partial charge in [0.25, 0.3) is 0 Å². The Labute approximate surface area is 102 Å². The molecule has 0 atom stereocenters. The first-order chi connectivity index (χ1) is 8.79. The number of aldehydes is 1. The molecule has 4 nitrogen and oxygen atoms in total. The Bertz CT molecular complexity index is 731. The van der Waals surface area contributed by atoms with Crippen LogP contribution in [-0.4, -0.2) is 16.5 Å². The number of para-hydroxylation sites is 1. The van der Waals surface area contributed by atoms with E-state index in [4.69, 9.17) is 4.52 Å². The van der Waals surface area contributed by atoms with Crippen LogP contribution in [0.2, 0.25) is 0 Å². The Morgan fingerprint density at radius 1 is 1.17 bits per heavy atom. The molecule has 0 radical (unpaired) electrons. The van der Waals surface area contributed by atoms with Gasteiger partial charge in [0.15, 0.2) is 11.9 Å². The van der Waals surface area contributed by atoms with Gasteiger partial charge in [0, 0.05) is 5.56 Å². The van der Waals surface area contributed by atoms with Crippen molar-refractivity contribution in [3.8, 4) is 17.0 Å². The third-order valence-electron chi connectivity index (χ3n) is 2.78. The van der Waals surface area contributed by atoms with Crippen molar-refractivity contribution in [2.75, 3.05) is 0 Å². The van der Waals surface area contributed by atoms with Crippen LogP contribution in [0.3, 0.4) is 0 Å². The highest BCUT2D eigenvalue weighted by molar-refractivity contribution is 6.00. The highest BCUT2D eigenvalue weighted by Gasteiger charge is 2.13. The summed E-state index contributed by atoms with van der Waals surface area (Å²) in [4.78, 5) is 10.9. The van der Waals surface area contributed by atoms with Gasteiger partial charge in [-0.1, -0.05) is 23.4 Å². The van der Waals surface area contributed by atoms with Crippen LogP contribution in [0.15, 0.2) is 47.0 Å². The Morgan fingerprint density at radius 2 is 2.00 bits per heavy atom. The molecular weight excluding hydrogens is 230 g/mol. The summed E-state index contributed by atoms with van der Waals surface area (Å²) in [5.41, 5.74) is 2.29. The predicted molar refractivity (Wildman–Crippen MR) is 66.5 cm³/mol. The van der Waals surface area contributed by atoms with Crippen molar-refractivity contribution in [3.05, 3.63) is 48.0 Å². The second kappa shape index (κ2) is 4.00. The summed E-state index contributed by atoms with van der Waals surface area (Å²) in [5.74, 6) is 0.162. The molecule has 0 aliphatic heterocycles. The van der Waals surface area contributed by atoms with Crippen LogP contribution in [0.25, 0.3) is 22.2 Å². The van der Waals surface area contributed by atoms with E-state index in [0.29, 0.717) is 16.8 Å². The van der Waals surface area contributed by atoms with E-state index in [2.05, 4.69) is 5.16 Å². The van der Waals surface area contributed by atoms with E-state index >= 15 is 0 Å². The van der Waals surface area contributed by atoms with Crippen LogP contribution in [-0.2, 0) is 0 Å². The van der Waals surface area contributed by atoms with Gasteiger partial charge in [-0.3, -0.25) is 4.79 Å². The lowest BCUT2D eigenvalue weighted by Crippen LogP contribution is -1.80. The summed E-state index contributed by atoms with van der Waals surface area (Å²) in [6.45, 7) is 0. The zero-order valence-corrected chi connectivity index (χ0v) is 9.33. The molecule has 0 bridgehead atoms. The van der Waals surface area contributed by atoms with Crippen LogP contribution in [0.4, 0.5) is 0 Å². The van der Waals surface area contributed by atoms with Crippen molar-refractivity contribution in [3.63, 3.8) is 0 Å². The maximum atomic E-state index is 10.9. The standard InChI is InChI=1S/C14H9NO3/c16-8-10-4-2-6-12-13(15-18-14(10)12)9-3-1-5-11(17)7-9/h1-8,17H. The highest BCUT2D eigenvalue weighted by Crippen LogP contribution is 2.30. The topological polar surface area (TPSA) is 63.3 Å². The summed E-state index contributed by atoms with van der Waals surface area (Å²) in [5, 5.41) is 14.2. The molecule has 4 heteroatoms. The molecule has 18 heavy (non-hydrogen) atoms. The SMILES string of the molecule is O=Cc1cccc2c(-c3cccc(O)c3)noc12. The molecule has 1 aromatic heterocycles. The van der Waals surface area contributed by atoms with Gasteiger partial charge in [0.2, 0.25) is 0 Å². The molecule has 0 saturated heterocycles. The van der Waals surface area contributed by atoms with Gasteiger partial charge >= 0.3 is 0 Å². The number of rotatable bonds is 2. The molecule has 0 spiro atoms. The second-order valence-corrected chi connectivity index (χ2v) is 3.92. The van der Waals surface area contributed by atoms with E-state index in [9.17, 15) is 9.90 Å². The van der Waals surface area contributed by atoms with Crippen molar-refractivity contribution in [1.82, 2.24) is 5.16 Å². The average Bonchev–Trinajstić information content (AvgIpc) is 2.82. The summed E-state index contributed by atoms with van der Waals surface area (Å²) < 4.78 is 5.20. The Balaban J connectivity index is 2.28. The number of aromatic nitrogens is 1. The van der Waals surface area contributed by atoms with E-state index in [1.165, 1.54) is 0 Å². The third kappa shape index (κ3) is 1.55. The van der Waals surface area contributed by atoms with Crippen molar-refractivity contribution in [1.29, 1.82) is 0 Å². The number of benzene rings is 2. The minimum Gasteiger partial charge on any atom is -0.508 e. The van der Waals surface area contributed by atoms with E-state index in [-0.39, 0.29) is 5.75 Å². The van der Waals surface area contributed by atoms with Crippen LogP contribution in [0.5, 0.6) is 5.75 Å². The minimum atomic E-state index is 0.162. The first-order valence-electron chi connectivity index (χ1n) is 5.42. The molecule has 0 unspecified atom stereocenters. The van der Waals surface area contributed by atoms with Crippen LogP contribution in [0.1, 0.15) is 10.4 Å². The summed E-state index contributed by atoms with van der Waals surface area (Å²) in [6.07, 6.45) is 0.736. The van der Waals surface area contributed by atoms with Gasteiger partial charge in [-0.05, 0) is 24.3 Å². The third-order valence-corrected chi connectivity index (χ3v) is 2.78. The van der Waals surface area contributed by atoms with Gasteiger partial charge in [0.1, 0.15) is 11.4 Å². The number of carbonyl (C=O) groups is 1. The molecular formula is C14H9NO3. The van der Waals surface area contributed by atoms with Crippen molar-refractivity contribution < 1.29 is 14.4 Å². The normalized spacial score (nSPS) is 10.7. The summed E-state index contributed by atoms with van der Waals surface area (Å²) in [7, 11) is 0. The number of carbonyl (C=O) groups excluding carboxylic acids is 1. The predicted octanol–water partition coefficient (Wildman–Crippen LogP) is 3.01. The number of phenolic OH excluding ortho intramolecular Hbond substituents is 1. The lowest BCUT2D eigenvalue weighted by Gasteiger charge is -1.97. The minimum absolute atomic E-state index is 0.162. The number of hydrogen-bond acceptors (Lipinski definition) is 4. The number of nitrogens with zero attached hydrogens (tertiary/aromatic N) is 1. The zero-order valence-electron chi connectivity index (χ0n) is 9.33. The molecule has 0 saturated carbocycles. The van der Waals surface area contributed by atoms with Gasteiger partial charge in [-0.15, -0.1) is 0 Å². The maximum absolute atomic E-state index is 10.9. The Kier molecular flexibility index (Phi) is 2.34. The van der Waals surface area contributed by atoms with Crippen LogP contribution < -0.4 is 0 Å². The van der Waals surface area contributed by atoms with Crippen molar-refractivity contribution in [2.45, 2.75) is 0 Å².